The zero-order valence-electron chi connectivity index (χ0n) is 11.3. The standard InChI is InChI=1S/C14H23N3O/c1-10(13(18)17-14(2,3)9-15)12(16)11-7-5-4-6-8-11/h4-8,10,12H,9,15-16H2,1-3H3,(H,17,18). The maximum absolute atomic E-state index is 12.1. The van der Waals surface area contributed by atoms with E-state index in [1.807, 2.05) is 51.1 Å². The molecule has 4 heteroatoms. The van der Waals surface area contributed by atoms with Crippen molar-refractivity contribution in [1.82, 2.24) is 5.32 Å². The monoisotopic (exact) mass is 249 g/mol. The second-order valence-electron chi connectivity index (χ2n) is 5.30. The van der Waals surface area contributed by atoms with Crippen LogP contribution in [0, 0.1) is 5.92 Å². The largest absolute Gasteiger partial charge is 0.350 e. The van der Waals surface area contributed by atoms with Crippen LogP contribution in [0.4, 0.5) is 0 Å². The van der Waals surface area contributed by atoms with Crippen LogP contribution < -0.4 is 16.8 Å². The zero-order valence-corrected chi connectivity index (χ0v) is 11.3. The van der Waals surface area contributed by atoms with Crippen LogP contribution in [-0.2, 0) is 4.79 Å². The number of carbonyl (C=O) groups excluding carboxylic acids is 1. The van der Waals surface area contributed by atoms with Gasteiger partial charge in [0.05, 0.1) is 5.92 Å². The van der Waals surface area contributed by atoms with Gasteiger partial charge in [-0.1, -0.05) is 37.3 Å². The molecule has 0 aliphatic heterocycles. The molecule has 0 spiro atoms. The summed E-state index contributed by atoms with van der Waals surface area (Å²) in [6.07, 6.45) is 0. The second kappa shape index (κ2) is 5.98. The molecule has 2 atom stereocenters. The molecule has 0 aromatic heterocycles. The molecule has 1 aromatic rings. The van der Waals surface area contributed by atoms with Crippen molar-refractivity contribution in [2.24, 2.45) is 17.4 Å². The minimum absolute atomic E-state index is 0.0678. The third-order valence-electron chi connectivity index (χ3n) is 3.11. The molecule has 1 rings (SSSR count). The maximum Gasteiger partial charge on any atom is 0.225 e. The molecular weight excluding hydrogens is 226 g/mol. The van der Waals surface area contributed by atoms with Gasteiger partial charge in [-0.3, -0.25) is 4.79 Å². The Morgan fingerprint density at radius 1 is 1.33 bits per heavy atom. The number of hydrogen-bond acceptors (Lipinski definition) is 3. The highest BCUT2D eigenvalue weighted by Crippen LogP contribution is 2.19. The summed E-state index contributed by atoms with van der Waals surface area (Å²) in [5, 5.41) is 2.91. The van der Waals surface area contributed by atoms with Gasteiger partial charge in [0.2, 0.25) is 5.91 Å². The average molecular weight is 249 g/mol. The summed E-state index contributed by atoms with van der Waals surface area (Å²) in [6, 6.07) is 9.33. The van der Waals surface area contributed by atoms with Crippen molar-refractivity contribution < 1.29 is 4.79 Å². The van der Waals surface area contributed by atoms with E-state index in [0.717, 1.165) is 5.56 Å². The van der Waals surface area contributed by atoms with E-state index in [2.05, 4.69) is 5.32 Å². The molecule has 5 N–H and O–H groups in total. The lowest BCUT2D eigenvalue weighted by molar-refractivity contribution is -0.126. The number of nitrogens with one attached hydrogen (secondary N) is 1. The number of benzene rings is 1. The Labute approximate surface area is 109 Å². The number of carbonyl (C=O) groups is 1. The number of amides is 1. The van der Waals surface area contributed by atoms with Crippen LogP contribution in [0.25, 0.3) is 0 Å². The Hall–Kier alpha value is -1.39. The molecule has 100 valence electrons. The third kappa shape index (κ3) is 3.82. The van der Waals surface area contributed by atoms with Gasteiger partial charge in [0.15, 0.2) is 0 Å². The van der Waals surface area contributed by atoms with Crippen LogP contribution in [0.2, 0.25) is 0 Å². The number of rotatable bonds is 5. The van der Waals surface area contributed by atoms with Crippen molar-refractivity contribution in [3.05, 3.63) is 35.9 Å². The topological polar surface area (TPSA) is 81.1 Å². The molecule has 0 radical (unpaired) electrons. The summed E-state index contributed by atoms with van der Waals surface area (Å²) in [5.41, 5.74) is 12.3. The molecule has 0 bridgehead atoms. The molecule has 0 aliphatic rings. The fourth-order valence-electron chi connectivity index (χ4n) is 1.63. The van der Waals surface area contributed by atoms with Crippen molar-refractivity contribution in [2.45, 2.75) is 32.4 Å². The predicted molar refractivity (Wildman–Crippen MR) is 73.8 cm³/mol. The quantitative estimate of drug-likeness (QED) is 0.733. The maximum atomic E-state index is 12.1. The molecule has 0 saturated heterocycles. The van der Waals surface area contributed by atoms with E-state index in [1.165, 1.54) is 0 Å². The second-order valence-corrected chi connectivity index (χ2v) is 5.30. The lowest BCUT2D eigenvalue weighted by Gasteiger charge is -2.28. The Bertz CT molecular complexity index is 389. The summed E-state index contributed by atoms with van der Waals surface area (Å²) in [7, 11) is 0. The number of hydrogen-bond donors (Lipinski definition) is 3. The lowest BCUT2D eigenvalue weighted by Crippen LogP contribution is -2.51. The van der Waals surface area contributed by atoms with Crippen molar-refractivity contribution >= 4 is 5.91 Å². The van der Waals surface area contributed by atoms with Crippen LogP contribution in [0.5, 0.6) is 0 Å². The van der Waals surface area contributed by atoms with Gasteiger partial charge >= 0.3 is 0 Å². The Morgan fingerprint density at radius 2 is 1.89 bits per heavy atom. The van der Waals surface area contributed by atoms with Crippen molar-refractivity contribution in [3.63, 3.8) is 0 Å². The first-order valence-electron chi connectivity index (χ1n) is 6.20. The first-order chi connectivity index (χ1) is 8.37. The highest BCUT2D eigenvalue weighted by atomic mass is 16.2. The summed E-state index contributed by atoms with van der Waals surface area (Å²) in [6.45, 7) is 6.02. The molecule has 2 unspecified atom stereocenters. The lowest BCUT2D eigenvalue weighted by atomic mass is 9.93. The van der Waals surface area contributed by atoms with Crippen LogP contribution >= 0.6 is 0 Å². The molecule has 1 aromatic carbocycles. The Kier molecular flexibility index (Phi) is 4.87. The molecule has 18 heavy (non-hydrogen) atoms. The summed E-state index contributed by atoms with van der Waals surface area (Å²) in [4.78, 5) is 12.1. The summed E-state index contributed by atoms with van der Waals surface area (Å²) in [5.74, 6) is -0.361. The summed E-state index contributed by atoms with van der Waals surface area (Å²) < 4.78 is 0. The predicted octanol–water partition coefficient (Wildman–Crippen LogP) is 1.18. The Morgan fingerprint density at radius 3 is 2.39 bits per heavy atom. The van der Waals surface area contributed by atoms with Crippen LogP contribution in [0.3, 0.4) is 0 Å². The number of nitrogens with two attached hydrogens (primary N) is 2. The van der Waals surface area contributed by atoms with E-state index in [0.29, 0.717) is 6.54 Å². The first kappa shape index (κ1) is 14.7. The normalized spacial score (nSPS) is 14.9. The third-order valence-corrected chi connectivity index (χ3v) is 3.11. The van der Waals surface area contributed by atoms with Crippen molar-refractivity contribution in [1.29, 1.82) is 0 Å². The van der Waals surface area contributed by atoms with E-state index in [4.69, 9.17) is 11.5 Å². The highest BCUT2D eigenvalue weighted by molar-refractivity contribution is 5.80. The van der Waals surface area contributed by atoms with E-state index >= 15 is 0 Å². The van der Waals surface area contributed by atoms with Gasteiger partial charge in [0.25, 0.3) is 0 Å². The van der Waals surface area contributed by atoms with E-state index in [1.54, 1.807) is 0 Å². The highest BCUT2D eigenvalue weighted by Gasteiger charge is 2.26. The van der Waals surface area contributed by atoms with Gasteiger partial charge in [-0.05, 0) is 19.4 Å². The van der Waals surface area contributed by atoms with Gasteiger partial charge in [-0.25, -0.2) is 0 Å². The van der Waals surface area contributed by atoms with Crippen molar-refractivity contribution in [2.75, 3.05) is 6.54 Å². The molecule has 1 amide bonds. The van der Waals surface area contributed by atoms with Gasteiger partial charge in [-0.2, -0.15) is 0 Å². The molecule has 4 nitrogen and oxygen atoms in total. The van der Waals surface area contributed by atoms with Gasteiger partial charge in [-0.15, -0.1) is 0 Å². The zero-order chi connectivity index (χ0) is 13.8. The van der Waals surface area contributed by atoms with Gasteiger partial charge in [0, 0.05) is 18.1 Å². The molecule has 0 aliphatic carbocycles. The van der Waals surface area contributed by atoms with E-state index in [-0.39, 0.29) is 17.9 Å². The van der Waals surface area contributed by atoms with Crippen LogP contribution in [-0.4, -0.2) is 18.0 Å². The van der Waals surface area contributed by atoms with E-state index < -0.39 is 5.54 Å². The average Bonchev–Trinajstić information content (AvgIpc) is 2.37. The molecule has 0 heterocycles. The fraction of sp³-hybridized carbons (Fsp3) is 0.500. The Balaban J connectivity index is 2.70. The SMILES string of the molecule is CC(C(=O)NC(C)(C)CN)C(N)c1ccccc1. The fourth-order valence-corrected chi connectivity index (χ4v) is 1.63. The van der Waals surface area contributed by atoms with E-state index in [9.17, 15) is 4.79 Å². The van der Waals surface area contributed by atoms with Gasteiger partial charge < -0.3 is 16.8 Å². The molecular formula is C14H23N3O. The summed E-state index contributed by atoms with van der Waals surface area (Å²) >= 11 is 0. The van der Waals surface area contributed by atoms with Crippen molar-refractivity contribution in [3.8, 4) is 0 Å². The van der Waals surface area contributed by atoms with Crippen LogP contribution in [0.1, 0.15) is 32.4 Å². The molecule has 0 saturated carbocycles. The molecule has 0 fully saturated rings. The van der Waals surface area contributed by atoms with Gasteiger partial charge in [0.1, 0.15) is 0 Å². The van der Waals surface area contributed by atoms with Crippen LogP contribution in [0.15, 0.2) is 30.3 Å². The minimum Gasteiger partial charge on any atom is -0.350 e. The smallest absolute Gasteiger partial charge is 0.225 e. The minimum atomic E-state index is -0.401. The first-order valence-corrected chi connectivity index (χ1v) is 6.20.